The van der Waals surface area contributed by atoms with Gasteiger partial charge in [-0.3, -0.25) is 0 Å². The Morgan fingerprint density at radius 3 is 2.43 bits per heavy atom. The summed E-state index contributed by atoms with van der Waals surface area (Å²) in [4.78, 5) is 0. The van der Waals surface area contributed by atoms with Crippen LogP contribution < -0.4 is 0 Å². The molecule has 1 heterocycles. The summed E-state index contributed by atoms with van der Waals surface area (Å²) in [5.41, 5.74) is 1.26. The molecule has 2 nitrogen and oxygen atoms in total. The summed E-state index contributed by atoms with van der Waals surface area (Å²) in [7, 11) is 0. The summed E-state index contributed by atoms with van der Waals surface area (Å²) >= 11 is 0. The molecule has 0 amide bonds. The molecule has 0 aromatic heterocycles. The second-order valence-electron chi connectivity index (χ2n) is 10.1. The molecule has 0 bridgehead atoms. The molecule has 130 valence electrons. The first kappa shape index (κ1) is 15.2. The van der Waals surface area contributed by atoms with E-state index in [2.05, 4.69) is 13.8 Å². The van der Waals surface area contributed by atoms with Crippen LogP contribution in [0.15, 0.2) is 0 Å². The van der Waals surface area contributed by atoms with Crippen LogP contribution in [0.4, 0.5) is 0 Å². The van der Waals surface area contributed by atoms with Crippen LogP contribution in [-0.2, 0) is 9.47 Å². The Bertz CT molecular complexity index is 482. The lowest BCUT2D eigenvalue weighted by molar-refractivity contribution is -0.229. The van der Waals surface area contributed by atoms with Crippen molar-refractivity contribution in [2.45, 2.75) is 83.8 Å². The summed E-state index contributed by atoms with van der Waals surface area (Å²) in [6.07, 6.45) is 14.1. The SMILES string of the molecule is C[C@@]12CCC[C@H]1[C@@H]1CC[C@H]3CC4(CC[C@]3(C)[C@@H]1CC2)OCCO4. The van der Waals surface area contributed by atoms with Gasteiger partial charge in [-0.05, 0) is 79.4 Å². The topological polar surface area (TPSA) is 18.5 Å². The molecule has 5 aliphatic rings. The third kappa shape index (κ3) is 2.06. The average molecular weight is 319 g/mol. The van der Waals surface area contributed by atoms with E-state index in [-0.39, 0.29) is 5.79 Å². The van der Waals surface area contributed by atoms with Crippen molar-refractivity contribution in [2.75, 3.05) is 13.2 Å². The van der Waals surface area contributed by atoms with Gasteiger partial charge in [-0.15, -0.1) is 0 Å². The maximum Gasteiger partial charge on any atom is 0.168 e. The summed E-state index contributed by atoms with van der Waals surface area (Å²) in [5.74, 6) is 3.69. The Morgan fingerprint density at radius 1 is 0.783 bits per heavy atom. The number of hydrogen-bond donors (Lipinski definition) is 0. The van der Waals surface area contributed by atoms with Crippen molar-refractivity contribution in [3.05, 3.63) is 0 Å². The normalized spacial score (nSPS) is 54.5. The molecule has 0 aromatic carbocycles. The lowest BCUT2D eigenvalue weighted by Gasteiger charge is -2.61. The van der Waals surface area contributed by atoms with Gasteiger partial charge in [-0.1, -0.05) is 20.3 Å². The molecular weight excluding hydrogens is 284 g/mol. The molecule has 5 rings (SSSR count). The molecule has 4 aliphatic carbocycles. The van der Waals surface area contributed by atoms with E-state index in [4.69, 9.17) is 9.47 Å². The number of fused-ring (bicyclic) bond motifs is 5. The molecule has 1 aliphatic heterocycles. The van der Waals surface area contributed by atoms with Crippen molar-refractivity contribution in [1.29, 1.82) is 0 Å². The zero-order chi connectivity index (χ0) is 15.7. The molecule has 0 radical (unpaired) electrons. The third-order valence-corrected chi connectivity index (χ3v) is 9.26. The van der Waals surface area contributed by atoms with Crippen molar-refractivity contribution < 1.29 is 9.47 Å². The Labute approximate surface area is 141 Å². The molecule has 0 aromatic rings. The first-order chi connectivity index (χ1) is 11.0. The highest BCUT2D eigenvalue weighted by Crippen LogP contribution is 2.67. The molecule has 4 saturated carbocycles. The molecular formula is C21H34O2. The minimum absolute atomic E-state index is 0.187. The van der Waals surface area contributed by atoms with Crippen LogP contribution in [-0.4, -0.2) is 19.0 Å². The Morgan fingerprint density at radius 2 is 1.61 bits per heavy atom. The van der Waals surface area contributed by atoms with Crippen LogP contribution in [0.3, 0.4) is 0 Å². The van der Waals surface area contributed by atoms with Crippen LogP contribution in [0.2, 0.25) is 0 Å². The monoisotopic (exact) mass is 318 g/mol. The van der Waals surface area contributed by atoms with Gasteiger partial charge in [0.15, 0.2) is 5.79 Å². The summed E-state index contributed by atoms with van der Waals surface area (Å²) in [6, 6.07) is 0. The van der Waals surface area contributed by atoms with E-state index in [0.29, 0.717) is 10.8 Å². The van der Waals surface area contributed by atoms with Gasteiger partial charge in [0, 0.05) is 12.8 Å². The molecule has 0 unspecified atom stereocenters. The predicted molar refractivity (Wildman–Crippen MR) is 91.0 cm³/mol. The highest BCUT2D eigenvalue weighted by atomic mass is 16.7. The molecule has 2 heteroatoms. The van der Waals surface area contributed by atoms with Crippen molar-refractivity contribution >= 4 is 0 Å². The van der Waals surface area contributed by atoms with Gasteiger partial charge in [-0.25, -0.2) is 0 Å². The van der Waals surface area contributed by atoms with E-state index in [0.717, 1.165) is 43.3 Å². The zero-order valence-corrected chi connectivity index (χ0v) is 15.1. The quantitative estimate of drug-likeness (QED) is 0.614. The molecule has 5 fully saturated rings. The molecule has 23 heavy (non-hydrogen) atoms. The fourth-order valence-corrected chi connectivity index (χ4v) is 7.95. The van der Waals surface area contributed by atoms with E-state index >= 15 is 0 Å². The minimum Gasteiger partial charge on any atom is -0.348 e. The lowest BCUT2D eigenvalue weighted by Crippen LogP contribution is -2.55. The average Bonchev–Trinajstić information content (AvgIpc) is 3.15. The second-order valence-corrected chi connectivity index (χ2v) is 10.1. The fourth-order valence-electron chi connectivity index (χ4n) is 7.95. The van der Waals surface area contributed by atoms with E-state index in [9.17, 15) is 0 Å². The largest absolute Gasteiger partial charge is 0.348 e. The van der Waals surface area contributed by atoms with E-state index in [1.54, 1.807) is 0 Å². The van der Waals surface area contributed by atoms with Gasteiger partial charge in [0.05, 0.1) is 13.2 Å². The predicted octanol–water partition coefficient (Wildman–Crippen LogP) is 5.16. The van der Waals surface area contributed by atoms with E-state index in [1.807, 2.05) is 0 Å². The number of ether oxygens (including phenoxy) is 2. The molecule has 1 saturated heterocycles. The molecule has 0 N–H and O–H groups in total. The van der Waals surface area contributed by atoms with Gasteiger partial charge in [-0.2, -0.15) is 0 Å². The summed E-state index contributed by atoms with van der Waals surface area (Å²) in [6.45, 7) is 6.89. The second kappa shape index (κ2) is 4.97. The lowest BCUT2D eigenvalue weighted by atomic mass is 9.45. The smallest absolute Gasteiger partial charge is 0.168 e. The number of hydrogen-bond acceptors (Lipinski definition) is 2. The van der Waals surface area contributed by atoms with Crippen LogP contribution in [0, 0.1) is 34.5 Å². The maximum atomic E-state index is 6.07. The van der Waals surface area contributed by atoms with Gasteiger partial charge < -0.3 is 9.47 Å². The van der Waals surface area contributed by atoms with E-state index < -0.39 is 0 Å². The van der Waals surface area contributed by atoms with Gasteiger partial charge in [0.1, 0.15) is 0 Å². The standard InChI is InChI=1S/C21H34O2/c1-19-8-3-4-17(19)16-6-5-15-14-21(22-12-13-23-21)11-10-20(15,2)18(16)7-9-19/h15-18H,3-14H2,1-2H3/t15-,16-,17-,18+,19-,20-/m0/s1. The van der Waals surface area contributed by atoms with E-state index in [1.165, 1.54) is 57.8 Å². The van der Waals surface area contributed by atoms with Gasteiger partial charge in [0.2, 0.25) is 0 Å². The first-order valence-electron chi connectivity index (χ1n) is 10.3. The molecule has 6 atom stereocenters. The van der Waals surface area contributed by atoms with Crippen LogP contribution in [0.25, 0.3) is 0 Å². The van der Waals surface area contributed by atoms with Crippen LogP contribution in [0.5, 0.6) is 0 Å². The fraction of sp³-hybridized carbons (Fsp3) is 1.00. The zero-order valence-electron chi connectivity index (χ0n) is 15.1. The first-order valence-corrected chi connectivity index (χ1v) is 10.3. The Kier molecular flexibility index (Phi) is 3.29. The number of rotatable bonds is 0. The van der Waals surface area contributed by atoms with Crippen molar-refractivity contribution in [3.8, 4) is 0 Å². The van der Waals surface area contributed by atoms with Crippen LogP contribution in [0.1, 0.15) is 78.1 Å². The summed E-state index contributed by atoms with van der Waals surface area (Å²) in [5, 5.41) is 0. The van der Waals surface area contributed by atoms with Crippen molar-refractivity contribution in [1.82, 2.24) is 0 Å². The van der Waals surface area contributed by atoms with Crippen molar-refractivity contribution in [2.24, 2.45) is 34.5 Å². The minimum atomic E-state index is -0.187. The maximum absolute atomic E-state index is 6.07. The summed E-state index contributed by atoms with van der Waals surface area (Å²) < 4.78 is 12.1. The van der Waals surface area contributed by atoms with Crippen molar-refractivity contribution in [3.63, 3.8) is 0 Å². The Balaban J connectivity index is 1.41. The van der Waals surface area contributed by atoms with Gasteiger partial charge >= 0.3 is 0 Å². The van der Waals surface area contributed by atoms with Gasteiger partial charge in [0.25, 0.3) is 0 Å². The highest BCUT2D eigenvalue weighted by Gasteiger charge is 2.60. The third-order valence-electron chi connectivity index (χ3n) is 9.26. The highest BCUT2D eigenvalue weighted by molar-refractivity contribution is 5.08. The molecule has 1 spiro atoms. The van der Waals surface area contributed by atoms with Crippen LogP contribution >= 0.6 is 0 Å². The Hall–Kier alpha value is -0.0800.